The SMILES string of the molecule is Cc1nc2c(c(=O)[nH]1)CN(Cc1nc3ccccc3n1C)CC2. The fourth-order valence-electron chi connectivity index (χ4n) is 3.28. The van der Waals surface area contributed by atoms with Gasteiger partial charge in [0.05, 0.1) is 28.8 Å². The van der Waals surface area contributed by atoms with E-state index in [1.54, 1.807) is 0 Å². The highest BCUT2D eigenvalue weighted by atomic mass is 16.1. The van der Waals surface area contributed by atoms with Gasteiger partial charge in [0.15, 0.2) is 0 Å². The normalized spacial score (nSPS) is 15.0. The largest absolute Gasteiger partial charge is 0.330 e. The van der Waals surface area contributed by atoms with E-state index in [0.29, 0.717) is 12.4 Å². The lowest BCUT2D eigenvalue weighted by atomic mass is 10.1. The van der Waals surface area contributed by atoms with Gasteiger partial charge in [-0.1, -0.05) is 12.1 Å². The third-order valence-electron chi connectivity index (χ3n) is 4.51. The molecule has 0 radical (unpaired) electrons. The van der Waals surface area contributed by atoms with Crippen LogP contribution in [0.4, 0.5) is 0 Å². The van der Waals surface area contributed by atoms with E-state index in [1.165, 1.54) is 0 Å². The van der Waals surface area contributed by atoms with Gasteiger partial charge >= 0.3 is 0 Å². The molecule has 23 heavy (non-hydrogen) atoms. The molecule has 0 atom stereocenters. The van der Waals surface area contributed by atoms with Gasteiger partial charge in [0, 0.05) is 26.6 Å². The van der Waals surface area contributed by atoms with Gasteiger partial charge in [0.25, 0.3) is 5.56 Å². The number of nitrogens with zero attached hydrogens (tertiary/aromatic N) is 4. The van der Waals surface area contributed by atoms with E-state index in [4.69, 9.17) is 4.98 Å². The number of imidazole rings is 1. The first-order chi connectivity index (χ1) is 11.1. The van der Waals surface area contributed by atoms with Crippen LogP contribution >= 0.6 is 0 Å². The number of fused-ring (bicyclic) bond motifs is 2. The van der Waals surface area contributed by atoms with Gasteiger partial charge in [-0.05, 0) is 19.1 Å². The highest BCUT2D eigenvalue weighted by molar-refractivity contribution is 5.75. The number of hydrogen-bond acceptors (Lipinski definition) is 4. The average molecular weight is 309 g/mol. The van der Waals surface area contributed by atoms with Gasteiger partial charge in [-0.3, -0.25) is 9.69 Å². The summed E-state index contributed by atoms with van der Waals surface area (Å²) in [6, 6.07) is 8.14. The Morgan fingerprint density at radius 1 is 1.26 bits per heavy atom. The molecule has 0 amide bonds. The number of para-hydroxylation sites is 2. The Kier molecular flexibility index (Phi) is 3.27. The van der Waals surface area contributed by atoms with Gasteiger partial charge in [0.2, 0.25) is 0 Å². The lowest BCUT2D eigenvalue weighted by Crippen LogP contribution is -2.36. The summed E-state index contributed by atoms with van der Waals surface area (Å²) in [5.41, 5.74) is 3.86. The Bertz CT molecular complexity index is 940. The van der Waals surface area contributed by atoms with Crippen molar-refractivity contribution in [1.82, 2.24) is 24.4 Å². The minimum atomic E-state index is -0.0119. The maximum atomic E-state index is 12.1. The fraction of sp³-hybridized carbons (Fsp3) is 0.353. The second-order valence-corrected chi connectivity index (χ2v) is 6.11. The highest BCUT2D eigenvalue weighted by Crippen LogP contribution is 2.19. The first-order valence-corrected chi connectivity index (χ1v) is 7.83. The molecule has 6 heteroatoms. The number of hydrogen-bond donors (Lipinski definition) is 1. The summed E-state index contributed by atoms with van der Waals surface area (Å²) in [6.45, 7) is 4.08. The molecule has 1 aliphatic heterocycles. The molecule has 0 saturated heterocycles. The molecule has 0 aliphatic carbocycles. The van der Waals surface area contributed by atoms with E-state index in [1.807, 2.05) is 32.2 Å². The van der Waals surface area contributed by atoms with Crippen LogP contribution in [0.2, 0.25) is 0 Å². The van der Waals surface area contributed by atoms with Crippen molar-refractivity contribution in [2.75, 3.05) is 6.54 Å². The van der Waals surface area contributed by atoms with Crippen molar-refractivity contribution in [3.8, 4) is 0 Å². The molecular weight excluding hydrogens is 290 g/mol. The molecule has 2 aromatic heterocycles. The van der Waals surface area contributed by atoms with Crippen LogP contribution in [0, 0.1) is 6.92 Å². The number of nitrogens with one attached hydrogen (secondary N) is 1. The Hall–Kier alpha value is -2.47. The number of aromatic amines is 1. The van der Waals surface area contributed by atoms with Gasteiger partial charge in [0.1, 0.15) is 11.6 Å². The van der Waals surface area contributed by atoms with Crippen molar-refractivity contribution in [2.24, 2.45) is 7.05 Å². The van der Waals surface area contributed by atoms with E-state index >= 15 is 0 Å². The van der Waals surface area contributed by atoms with Crippen molar-refractivity contribution in [2.45, 2.75) is 26.4 Å². The molecule has 0 bridgehead atoms. The fourth-order valence-corrected chi connectivity index (χ4v) is 3.28. The van der Waals surface area contributed by atoms with E-state index in [-0.39, 0.29) is 5.56 Å². The molecule has 0 unspecified atom stereocenters. The molecule has 1 aliphatic rings. The number of aromatic nitrogens is 4. The van der Waals surface area contributed by atoms with Gasteiger partial charge in [-0.25, -0.2) is 9.97 Å². The summed E-state index contributed by atoms with van der Waals surface area (Å²) in [7, 11) is 2.04. The second-order valence-electron chi connectivity index (χ2n) is 6.11. The monoisotopic (exact) mass is 309 g/mol. The van der Waals surface area contributed by atoms with E-state index in [2.05, 4.69) is 25.5 Å². The third kappa shape index (κ3) is 2.45. The van der Waals surface area contributed by atoms with Crippen LogP contribution in [0.15, 0.2) is 29.1 Å². The van der Waals surface area contributed by atoms with Crippen molar-refractivity contribution in [3.63, 3.8) is 0 Å². The van der Waals surface area contributed by atoms with Crippen molar-refractivity contribution < 1.29 is 0 Å². The summed E-state index contributed by atoms with van der Waals surface area (Å²) in [5.74, 6) is 1.71. The molecule has 0 saturated carbocycles. The standard InChI is InChI=1S/C17H19N5O/c1-11-18-13-7-8-22(9-12(13)17(23)19-11)10-16-20-14-5-3-4-6-15(14)21(16)2/h3-6H,7-10H2,1-2H3,(H,18,19,23). The van der Waals surface area contributed by atoms with Crippen LogP contribution in [-0.2, 0) is 26.6 Å². The Balaban J connectivity index is 1.62. The number of aryl methyl sites for hydroxylation is 2. The van der Waals surface area contributed by atoms with Crippen LogP contribution < -0.4 is 5.56 Å². The summed E-state index contributed by atoms with van der Waals surface area (Å²) in [4.78, 5) is 26.4. The molecule has 1 N–H and O–H groups in total. The molecule has 6 nitrogen and oxygen atoms in total. The quantitative estimate of drug-likeness (QED) is 0.779. The smallest absolute Gasteiger partial charge is 0.255 e. The second kappa shape index (κ2) is 5.31. The topological polar surface area (TPSA) is 66.8 Å². The predicted octanol–water partition coefficient (Wildman–Crippen LogP) is 1.52. The Labute approximate surface area is 133 Å². The molecule has 4 rings (SSSR count). The zero-order valence-corrected chi connectivity index (χ0v) is 13.3. The molecular formula is C17H19N5O. The van der Waals surface area contributed by atoms with Crippen molar-refractivity contribution in [1.29, 1.82) is 0 Å². The predicted molar refractivity (Wildman–Crippen MR) is 88.1 cm³/mol. The average Bonchev–Trinajstić information content (AvgIpc) is 2.84. The molecule has 118 valence electrons. The number of benzene rings is 1. The summed E-state index contributed by atoms with van der Waals surface area (Å²) in [6.07, 6.45) is 0.810. The zero-order chi connectivity index (χ0) is 16.0. The zero-order valence-electron chi connectivity index (χ0n) is 13.3. The molecule has 0 fully saturated rings. The lowest BCUT2D eigenvalue weighted by Gasteiger charge is -2.27. The summed E-state index contributed by atoms with van der Waals surface area (Å²) in [5, 5.41) is 0. The molecule has 3 aromatic rings. The maximum absolute atomic E-state index is 12.1. The van der Waals surface area contributed by atoms with Crippen LogP contribution in [0.5, 0.6) is 0 Å². The van der Waals surface area contributed by atoms with Crippen LogP contribution in [0.1, 0.15) is 22.9 Å². The highest BCUT2D eigenvalue weighted by Gasteiger charge is 2.22. The Morgan fingerprint density at radius 2 is 2.09 bits per heavy atom. The minimum absolute atomic E-state index is 0.0119. The van der Waals surface area contributed by atoms with E-state index in [9.17, 15) is 4.79 Å². The maximum Gasteiger partial charge on any atom is 0.255 e. The summed E-state index contributed by atoms with van der Waals surface area (Å²) < 4.78 is 2.13. The van der Waals surface area contributed by atoms with Crippen molar-refractivity contribution >= 4 is 11.0 Å². The molecule has 3 heterocycles. The number of H-pyrrole nitrogens is 1. The molecule has 1 aromatic carbocycles. The molecule has 0 spiro atoms. The van der Waals surface area contributed by atoms with Crippen molar-refractivity contribution in [3.05, 3.63) is 57.5 Å². The van der Waals surface area contributed by atoms with E-state index in [0.717, 1.165) is 47.6 Å². The third-order valence-corrected chi connectivity index (χ3v) is 4.51. The lowest BCUT2D eigenvalue weighted by molar-refractivity contribution is 0.233. The van der Waals surface area contributed by atoms with Gasteiger partial charge in [-0.2, -0.15) is 0 Å². The van der Waals surface area contributed by atoms with Crippen LogP contribution in [0.25, 0.3) is 11.0 Å². The van der Waals surface area contributed by atoms with Crippen LogP contribution in [0.3, 0.4) is 0 Å². The van der Waals surface area contributed by atoms with Gasteiger partial charge in [-0.15, -0.1) is 0 Å². The first kappa shape index (κ1) is 14.1. The van der Waals surface area contributed by atoms with Crippen LogP contribution in [-0.4, -0.2) is 31.0 Å². The first-order valence-electron chi connectivity index (χ1n) is 7.83. The Morgan fingerprint density at radius 3 is 2.91 bits per heavy atom. The van der Waals surface area contributed by atoms with Gasteiger partial charge < -0.3 is 9.55 Å². The van der Waals surface area contributed by atoms with E-state index < -0.39 is 0 Å². The summed E-state index contributed by atoms with van der Waals surface area (Å²) >= 11 is 0. The minimum Gasteiger partial charge on any atom is -0.330 e. The number of rotatable bonds is 2.